The number of hydrogen-bond donors (Lipinski definition) is 1. The number of sulfone groups is 1. The minimum atomic E-state index is -3.05. The maximum Gasteiger partial charge on any atom is 0.153 e. The molecule has 3 rings (SSSR count). The van der Waals surface area contributed by atoms with Crippen LogP contribution in [-0.4, -0.2) is 25.7 Å². The van der Waals surface area contributed by atoms with E-state index in [1.54, 1.807) is 0 Å². The Bertz CT molecular complexity index is 719. The van der Waals surface area contributed by atoms with Gasteiger partial charge >= 0.3 is 0 Å². The second-order valence-electron chi connectivity index (χ2n) is 5.47. The van der Waals surface area contributed by atoms with E-state index in [4.69, 9.17) is 0 Å². The molecular formula is C15H18N2O2S2. The molecule has 0 spiro atoms. The van der Waals surface area contributed by atoms with Crippen LogP contribution in [0.2, 0.25) is 0 Å². The Morgan fingerprint density at radius 2 is 2.00 bits per heavy atom. The lowest BCUT2D eigenvalue weighted by Crippen LogP contribution is -2.14. The molecule has 1 fully saturated rings. The summed E-state index contributed by atoms with van der Waals surface area (Å²) in [5, 5.41) is 4.15. The first-order valence-corrected chi connectivity index (χ1v) is 9.84. The minimum Gasteiger partial charge on any atom is -0.309 e. The van der Waals surface area contributed by atoms with E-state index in [0.29, 0.717) is 11.0 Å². The van der Waals surface area contributed by atoms with Gasteiger partial charge in [0.15, 0.2) is 9.84 Å². The largest absolute Gasteiger partial charge is 0.309 e. The fourth-order valence-corrected chi connectivity index (χ4v) is 4.38. The first-order valence-electron chi connectivity index (χ1n) is 6.96. The smallest absolute Gasteiger partial charge is 0.153 e. The van der Waals surface area contributed by atoms with Gasteiger partial charge in [-0.3, -0.25) is 0 Å². The molecule has 1 N–H and O–H groups in total. The van der Waals surface area contributed by atoms with Crippen LogP contribution in [0.25, 0.3) is 11.3 Å². The van der Waals surface area contributed by atoms with Crippen molar-refractivity contribution >= 4 is 21.2 Å². The van der Waals surface area contributed by atoms with Crippen LogP contribution in [0.4, 0.5) is 0 Å². The Labute approximate surface area is 129 Å². The standard InChI is InChI=1S/C15H18N2O2S2/c1-21(18,19)10-14-17-15(11-5-3-2-4-6-11)13(20-14)9-16-12-7-8-12/h2-6,12,16H,7-10H2,1H3. The van der Waals surface area contributed by atoms with Gasteiger partial charge in [0.2, 0.25) is 0 Å². The number of rotatable bonds is 6. The summed E-state index contributed by atoms with van der Waals surface area (Å²) < 4.78 is 23.0. The Morgan fingerprint density at radius 3 is 2.62 bits per heavy atom. The predicted octanol–water partition coefficient (Wildman–Crippen LogP) is 2.61. The van der Waals surface area contributed by atoms with E-state index >= 15 is 0 Å². The third-order valence-electron chi connectivity index (χ3n) is 3.30. The number of thiazole rings is 1. The lowest BCUT2D eigenvalue weighted by molar-refractivity contribution is 0.601. The quantitative estimate of drug-likeness (QED) is 0.888. The van der Waals surface area contributed by atoms with E-state index in [1.807, 2.05) is 30.3 Å². The molecule has 0 aliphatic heterocycles. The fraction of sp³-hybridized carbons (Fsp3) is 0.400. The highest BCUT2D eigenvalue weighted by Crippen LogP contribution is 2.30. The van der Waals surface area contributed by atoms with Gasteiger partial charge in [0, 0.05) is 29.3 Å². The summed E-state index contributed by atoms with van der Waals surface area (Å²) in [5.74, 6) is 0.0148. The number of benzene rings is 1. The molecule has 0 radical (unpaired) electrons. The monoisotopic (exact) mass is 322 g/mol. The number of nitrogens with zero attached hydrogens (tertiary/aromatic N) is 1. The molecule has 1 heterocycles. The van der Waals surface area contributed by atoms with E-state index in [2.05, 4.69) is 10.3 Å². The van der Waals surface area contributed by atoms with Crippen LogP contribution in [0, 0.1) is 0 Å². The van der Waals surface area contributed by atoms with Crippen LogP contribution in [0.5, 0.6) is 0 Å². The molecule has 112 valence electrons. The molecule has 0 saturated heterocycles. The van der Waals surface area contributed by atoms with E-state index in [0.717, 1.165) is 22.7 Å². The molecule has 1 aliphatic rings. The van der Waals surface area contributed by atoms with Crippen molar-refractivity contribution in [3.63, 3.8) is 0 Å². The molecule has 0 unspecified atom stereocenters. The molecule has 6 heteroatoms. The van der Waals surface area contributed by atoms with Crippen molar-refractivity contribution in [3.8, 4) is 11.3 Å². The van der Waals surface area contributed by atoms with Gasteiger partial charge in [0.05, 0.1) is 5.69 Å². The van der Waals surface area contributed by atoms with Gasteiger partial charge in [0.1, 0.15) is 10.8 Å². The van der Waals surface area contributed by atoms with Crippen LogP contribution in [0.1, 0.15) is 22.7 Å². The Kier molecular flexibility index (Phi) is 4.10. The van der Waals surface area contributed by atoms with Crippen molar-refractivity contribution in [3.05, 3.63) is 40.2 Å². The highest BCUT2D eigenvalue weighted by molar-refractivity contribution is 7.90. The number of nitrogens with one attached hydrogen (secondary N) is 1. The lowest BCUT2D eigenvalue weighted by atomic mass is 10.1. The maximum atomic E-state index is 11.5. The zero-order chi connectivity index (χ0) is 14.9. The highest BCUT2D eigenvalue weighted by atomic mass is 32.2. The topological polar surface area (TPSA) is 59.1 Å². The van der Waals surface area contributed by atoms with Gasteiger partial charge in [-0.2, -0.15) is 0 Å². The van der Waals surface area contributed by atoms with Crippen LogP contribution >= 0.6 is 11.3 Å². The Morgan fingerprint density at radius 1 is 1.29 bits per heavy atom. The molecular weight excluding hydrogens is 304 g/mol. The zero-order valence-electron chi connectivity index (χ0n) is 11.9. The van der Waals surface area contributed by atoms with Crippen molar-refractivity contribution in [2.75, 3.05) is 6.26 Å². The molecule has 21 heavy (non-hydrogen) atoms. The highest BCUT2D eigenvalue weighted by Gasteiger charge is 2.22. The third-order valence-corrected chi connectivity index (χ3v) is 5.34. The van der Waals surface area contributed by atoms with Crippen molar-refractivity contribution in [1.82, 2.24) is 10.3 Å². The molecule has 0 amide bonds. The van der Waals surface area contributed by atoms with Gasteiger partial charge in [-0.05, 0) is 12.8 Å². The third kappa shape index (κ3) is 4.12. The molecule has 0 atom stereocenters. The molecule has 1 aliphatic carbocycles. The first-order chi connectivity index (χ1) is 10.0. The Hall–Kier alpha value is -1.24. The SMILES string of the molecule is CS(=O)(=O)Cc1nc(-c2ccccc2)c(CNC2CC2)s1. The predicted molar refractivity (Wildman–Crippen MR) is 86.0 cm³/mol. The van der Waals surface area contributed by atoms with Crippen LogP contribution in [0.15, 0.2) is 30.3 Å². The van der Waals surface area contributed by atoms with E-state index in [1.165, 1.54) is 30.4 Å². The summed E-state index contributed by atoms with van der Waals surface area (Å²) in [6.07, 6.45) is 3.71. The van der Waals surface area contributed by atoms with Crippen LogP contribution in [0.3, 0.4) is 0 Å². The summed E-state index contributed by atoms with van der Waals surface area (Å²) in [6.45, 7) is 0.760. The summed E-state index contributed by atoms with van der Waals surface area (Å²) in [5.41, 5.74) is 1.95. The Balaban J connectivity index is 1.90. The fourth-order valence-electron chi connectivity index (χ4n) is 2.15. The van der Waals surface area contributed by atoms with E-state index < -0.39 is 9.84 Å². The summed E-state index contributed by atoms with van der Waals surface area (Å²) >= 11 is 1.50. The second-order valence-corrected chi connectivity index (χ2v) is 8.78. The van der Waals surface area contributed by atoms with Crippen molar-refractivity contribution in [1.29, 1.82) is 0 Å². The van der Waals surface area contributed by atoms with Gasteiger partial charge in [-0.15, -0.1) is 11.3 Å². The summed E-state index contributed by atoms with van der Waals surface area (Å²) in [6, 6.07) is 10.6. The molecule has 2 aromatic rings. The maximum absolute atomic E-state index is 11.5. The number of hydrogen-bond acceptors (Lipinski definition) is 5. The van der Waals surface area contributed by atoms with Crippen molar-refractivity contribution in [2.24, 2.45) is 0 Å². The van der Waals surface area contributed by atoms with Crippen molar-refractivity contribution in [2.45, 2.75) is 31.2 Å². The lowest BCUT2D eigenvalue weighted by Gasteiger charge is -2.03. The summed E-state index contributed by atoms with van der Waals surface area (Å²) in [7, 11) is -3.05. The molecule has 4 nitrogen and oxygen atoms in total. The molecule has 1 aromatic carbocycles. The van der Waals surface area contributed by atoms with E-state index in [-0.39, 0.29) is 5.75 Å². The van der Waals surface area contributed by atoms with Gasteiger partial charge in [-0.1, -0.05) is 30.3 Å². The summed E-state index contributed by atoms with van der Waals surface area (Å²) in [4.78, 5) is 5.68. The first kappa shape index (κ1) is 14.7. The minimum absolute atomic E-state index is 0.0148. The van der Waals surface area contributed by atoms with Crippen LogP contribution in [-0.2, 0) is 22.1 Å². The molecule has 1 aromatic heterocycles. The van der Waals surface area contributed by atoms with E-state index in [9.17, 15) is 8.42 Å². The zero-order valence-corrected chi connectivity index (χ0v) is 13.5. The number of aromatic nitrogens is 1. The molecule has 0 bridgehead atoms. The molecule has 1 saturated carbocycles. The average molecular weight is 322 g/mol. The normalized spacial score (nSPS) is 15.3. The van der Waals surface area contributed by atoms with Crippen LogP contribution < -0.4 is 5.32 Å². The van der Waals surface area contributed by atoms with Gasteiger partial charge < -0.3 is 5.32 Å². The van der Waals surface area contributed by atoms with Gasteiger partial charge in [-0.25, -0.2) is 13.4 Å². The second kappa shape index (κ2) is 5.87. The van der Waals surface area contributed by atoms with Crippen molar-refractivity contribution < 1.29 is 8.42 Å². The van der Waals surface area contributed by atoms with Gasteiger partial charge in [0.25, 0.3) is 0 Å². The average Bonchev–Trinajstić information content (AvgIpc) is 3.17.